The van der Waals surface area contributed by atoms with Crippen LogP contribution in [-0.4, -0.2) is 37.8 Å². The van der Waals surface area contributed by atoms with Crippen molar-refractivity contribution in [3.63, 3.8) is 0 Å². The van der Waals surface area contributed by atoms with Gasteiger partial charge in [-0.2, -0.15) is 0 Å². The molecule has 2 rings (SSSR count). The Hall–Kier alpha value is -1.75. The summed E-state index contributed by atoms with van der Waals surface area (Å²) in [5.41, 5.74) is 0.449. The first-order chi connectivity index (χ1) is 9.70. The average Bonchev–Trinajstić information content (AvgIpc) is 2.48. The number of phenolic OH excluding ortho intramolecular Hbond substituents is 1. The highest BCUT2D eigenvalue weighted by Crippen LogP contribution is 2.26. The lowest BCUT2D eigenvalue weighted by Crippen LogP contribution is -2.33. The van der Waals surface area contributed by atoms with Gasteiger partial charge in [-0.15, -0.1) is 0 Å². The molecule has 1 aromatic carbocycles. The van der Waals surface area contributed by atoms with Crippen LogP contribution in [0.25, 0.3) is 0 Å². The summed E-state index contributed by atoms with van der Waals surface area (Å²) in [5, 5.41) is 15.9. The Morgan fingerprint density at radius 2 is 2.40 bits per heavy atom. The molecule has 1 atom stereocenters. The minimum Gasteiger partial charge on any atom is -0.504 e. The predicted octanol–water partition coefficient (Wildman–Crippen LogP) is 1.52. The van der Waals surface area contributed by atoms with Crippen LogP contribution in [0.2, 0.25) is 0 Å². The molecule has 1 saturated heterocycles. The Labute approximate surface area is 119 Å². The number of hydrogen-bond acceptors (Lipinski definition) is 4. The maximum absolute atomic E-state index is 12.0. The maximum Gasteiger partial charge on any atom is 0.251 e. The topological polar surface area (TPSA) is 70.6 Å². The van der Waals surface area contributed by atoms with Gasteiger partial charge in [-0.1, -0.05) is 0 Å². The number of ether oxygens (including phenoxy) is 1. The summed E-state index contributed by atoms with van der Waals surface area (Å²) in [6, 6.07) is 4.67. The van der Waals surface area contributed by atoms with E-state index in [0.717, 1.165) is 19.5 Å². The van der Waals surface area contributed by atoms with Crippen LogP contribution in [0.4, 0.5) is 0 Å². The number of nitrogens with one attached hydrogen (secondary N) is 2. The highest BCUT2D eigenvalue weighted by molar-refractivity contribution is 5.94. The van der Waals surface area contributed by atoms with Gasteiger partial charge in [0.05, 0.1) is 7.11 Å². The number of methoxy groups -OCH3 is 1. The van der Waals surface area contributed by atoms with Gasteiger partial charge in [0.2, 0.25) is 0 Å². The van der Waals surface area contributed by atoms with E-state index in [-0.39, 0.29) is 11.7 Å². The highest BCUT2D eigenvalue weighted by atomic mass is 16.5. The van der Waals surface area contributed by atoms with E-state index in [2.05, 4.69) is 10.6 Å². The fourth-order valence-corrected chi connectivity index (χ4v) is 2.49. The Bertz CT molecular complexity index is 456. The third-order valence-corrected chi connectivity index (χ3v) is 3.68. The molecular weight excluding hydrogens is 256 g/mol. The van der Waals surface area contributed by atoms with Crippen molar-refractivity contribution in [1.29, 1.82) is 0 Å². The maximum atomic E-state index is 12.0. The largest absolute Gasteiger partial charge is 0.504 e. The number of rotatable bonds is 5. The van der Waals surface area contributed by atoms with Crippen LogP contribution >= 0.6 is 0 Å². The lowest BCUT2D eigenvalue weighted by molar-refractivity contribution is 0.0950. The molecule has 0 spiro atoms. The fraction of sp³-hybridized carbons (Fsp3) is 0.533. The SMILES string of the molecule is COc1ccc(C(=O)NCCC2CCCNC2)cc1O. The van der Waals surface area contributed by atoms with Crippen molar-refractivity contribution in [3.8, 4) is 11.5 Å². The zero-order chi connectivity index (χ0) is 14.4. The standard InChI is InChI=1S/C15H22N2O3/c1-20-14-5-4-12(9-13(14)18)15(19)17-8-6-11-3-2-7-16-10-11/h4-5,9,11,16,18H,2-3,6-8,10H2,1H3,(H,17,19). The first-order valence-corrected chi connectivity index (χ1v) is 7.06. The fourth-order valence-electron chi connectivity index (χ4n) is 2.49. The second-order valence-electron chi connectivity index (χ2n) is 5.14. The molecule has 0 bridgehead atoms. The lowest BCUT2D eigenvalue weighted by atomic mass is 9.96. The molecule has 0 aromatic heterocycles. The van der Waals surface area contributed by atoms with E-state index in [9.17, 15) is 9.90 Å². The van der Waals surface area contributed by atoms with Crippen molar-refractivity contribution in [3.05, 3.63) is 23.8 Å². The first kappa shape index (κ1) is 14.7. The number of carbonyl (C=O) groups is 1. The second kappa shape index (κ2) is 7.14. The van der Waals surface area contributed by atoms with Crippen molar-refractivity contribution in [2.45, 2.75) is 19.3 Å². The third kappa shape index (κ3) is 3.87. The molecule has 0 saturated carbocycles. The summed E-state index contributed by atoms with van der Waals surface area (Å²) in [6.07, 6.45) is 3.43. The third-order valence-electron chi connectivity index (χ3n) is 3.68. The van der Waals surface area contributed by atoms with E-state index in [1.165, 1.54) is 26.0 Å². The number of carbonyl (C=O) groups excluding carboxylic acids is 1. The van der Waals surface area contributed by atoms with E-state index >= 15 is 0 Å². The van der Waals surface area contributed by atoms with Crippen LogP contribution in [0.1, 0.15) is 29.6 Å². The summed E-state index contributed by atoms with van der Waals surface area (Å²) in [6.45, 7) is 2.81. The molecule has 1 unspecified atom stereocenters. The molecular formula is C15H22N2O3. The molecule has 5 nitrogen and oxygen atoms in total. The summed E-state index contributed by atoms with van der Waals surface area (Å²) in [4.78, 5) is 12.0. The molecule has 1 aliphatic rings. The van der Waals surface area contributed by atoms with Gasteiger partial charge < -0.3 is 20.5 Å². The number of piperidine rings is 1. The lowest BCUT2D eigenvalue weighted by Gasteiger charge is -2.22. The van der Waals surface area contributed by atoms with Crippen molar-refractivity contribution in [2.24, 2.45) is 5.92 Å². The highest BCUT2D eigenvalue weighted by Gasteiger charge is 2.14. The Morgan fingerprint density at radius 1 is 1.55 bits per heavy atom. The molecule has 0 aliphatic carbocycles. The van der Waals surface area contributed by atoms with Gasteiger partial charge in [0.15, 0.2) is 11.5 Å². The molecule has 5 heteroatoms. The van der Waals surface area contributed by atoms with E-state index in [1.807, 2.05) is 0 Å². The summed E-state index contributed by atoms with van der Waals surface area (Å²) in [7, 11) is 1.48. The zero-order valence-electron chi connectivity index (χ0n) is 11.8. The monoisotopic (exact) mass is 278 g/mol. The molecule has 0 radical (unpaired) electrons. The van der Waals surface area contributed by atoms with Crippen LogP contribution in [0.15, 0.2) is 18.2 Å². The van der Waals surface area contributed by atoms with Gasteiger partial charge in [0.25, 0.3) is 5.91 Å². The molecule has 1 aromatic rings. The van der Waals surface area contributed by atoms with E-state index in [0.29, 0.717) is 23.8 Å². The Kier molecular flexibility index (Phi) is 5.24. The van der Waals surface area contributed by atoms with Gasteiger partial charge in [0.1, 0.15) is 0 Å². The zero-order valence-corrected chi connectivity index (χ0v) is 11.8. The Balaban J connectivity index is 1.80. The van der Waals surface area contributed by atoms with Gasteiger partial charge in [0, 0.05) is 12.1 Å². The summed E-state index contributed by atoms with van der Waals surface area (Å²) in [5.74, 6) is 0.839. The van der Waals surface area contributed by atoms with Crippen LogP contribution in [0.5, 0.6) is 11.5 Å². The Morgan fingerprint density at radius 3 is 3.05 bits per heavy atom. The molecule has 110 valence electrons. The number of hydrogen-bond donors (Lipinski definition) is 3. The van der Waals surface area contributed by atoms with Crippen molar-refractivity contribution >= 4 is 5.91 Å². The molecule has 3 N–H and O–H groups in total. The average molecular weight is 278 g/mol. The van der Waals surface area contributed by atoms with Crippen LogP contribution in [0, 0.1) is 5.92 Å². The molecule has 1 fully saturated rings. The van der Waals surface area contributed by atoms with Gasteiger partial charge in [-0.25, -0.2) is 0 Å². The van der Waals surface area contributed by atoms with Crippen molar-refractivity contribution in [2.75, 3.05) is 26.7 Å². The van der Waals surface area contributed by atoms with Crippen LogP contribution < -0.4 is 15.4 Å². The van der Waals surface area contributed by atoms with Crippen LogP contribution in [0.3, 0.4) is 0 Å². The predicted molar refractivity (Wildman–Crippen MR) is 77.2 cm³/mol. The van der Waals surface area contributed by atoms with E-state index in [4.69, 9.17) is 4.74 Å². The smallest absolute Gasteiger partial charge is 0.251 e. The normalized spacial score (nSPS) is 18.6. The van der Waals surface area contributed by atoms with Crippen molar-refractivity contribution in [1.82, 2.24) is 10.6 Å². The van der Waals surface area contributed by atoms with E-state index < -0.39 is 0 Å². The molecule has 1 aliphatic heterocycles. The minimum absolute atomic E-state index is 0.0170. The van der Waals surface area contributed by atoms with Crippen molar-refractivity contribution < 1.29 is 14.6 Å². The number of phenols is 1. The van der Waals surface area contributed by atoms with E-state index in [1.54, 1.807) is 12.1 Å². The molecule has 1 heterocycles. The second-order valence-corrected chi connectivity index (χ2v) is 5.14. The summed E-state index contributed by atoms with van der Waals surface area (Å²) >= 11 is 0. The minimum atomic E-state index is -0.160. The number of benzene rings is 1. The number of amides is 1. The quantitative estimate of drug-likeness (QED) is 0.764. The van der Waals surface area contributed by atoms with Crippen LogP contribution in [-0.2, 0) is 0 Å². The summed E-state index contributed by atoms with van der Waals surface area (Å²) < 4.78 is 4.95. The molecule has 1 amide bonds. The van der Waals surface area contributed by atoms with Gasteiger partial charge >= 0.3 is 0 Å². The van der Waals surface area contributed by atoms with Gasteiger partial charge in [-0.3, -0.25) is 4.79 Å². The van der Waals surface area contributed by atoms with Gasteiger partial charge in [-0.05, 0) is 56.5 Å². The molecule has 20 heavy (non-hydrogen) atoms. The number of aromatic hydroxyl groups is 1. The first-order valence-electron chi connectivity index (χ1n) is 7.06.